The monoisotopic (exact) mass is 404 g/mol. The van der Waals surface area contributed by atoms with Gasteiger partial charge in [-0.15, -0.1) is 0 Å². The van der Waals surface area contributed by atoms with E-state index in [4.69, 9.17) is 9.47 Å². The van der Waals surface area contributed by atoms with E-state index in [-0.39, 0.29) is 31.2 Å². The fourth-order valence-corrected chi connectivity index (χ4v) is 2.73. The number of nitrogens with zero attached hydrogens (tertiary/aromatic N) is 1. The third-order valence-electron chi connectivity index (χ3n) is 4.21. The predicted octanol–water partition coefficient (Wildman–Crippen LogP) is 2.65. The molecule has 1 aliphatic heterocycles. The van der Waals surface area contributed by atoms with Crippen LogP contribution in [0.5, 0.6) is 5.75 Å². The number of amides is 2. The second-order valence-electron chi connectivity index (χ2n) is 6.30. The molecule has 0 saturated carbocycles. The molecular weight excluding hydrogens is 386 g/mol. The Labute approximate surface area is 165 Å². The summed E-state index contributed by atoms with van der Waals surface area (Å²) in [5.74, 6) is -3.28. The quantitative estimate of drug-likeness (QED) is 0.749. The van der Waals surface area contributed by atoms with Crippen LogP contribution in [0.1, 0.15) is 13.3 Å². The molecule has 1 heterocycles. The zero-order valence-corrected chi connectivity index (χ0v) is 15.5. The van der Waals surface area contributed by atoms with Crippen molar-refractivity contribution in [1.82, 2.24) is 0 Å². The van der Waals surface area contributed by atoms with Gasteiger partial charge < -0.3 is 19.7 Å². The zero-order valence-electron chi connectivity index (χ0n) is 15.5. The summed E-state index contributed by atoms with van der Waals surface area (Å²) in [5, 5.41) is 2.34. The number of halogens is 2. The number of ether oxygens (including phenoxy) is 2. The van der Waals surface area contributed by atoms with Gasteiger partial charge in [0, 0.05) is 18.3 Å². The molecule has 1 atom stereocenters. The molecule has 152 valence electrons. The molecule has 0 aromatic heterocycles. The first-order valence-electron chi connectivity index (χ1n) is 8.82. The second kappa shape index (κ2) is 8.68. The van der Waals surface area contributed by atoms with Crippen molar-refractivity contribution in [3.8, 4) is 5.75 Å². The maximum atomic E-state index is 13.2. The summed E-state index contributed by atoms with van der Waals surface area (Å²) in [6.07, 6.45) is -1.30. The first kappa shape index (κ1) is 20.2. The highest BCUT2D eigenvalue weighted by Crippen LogP contribution is 2.31. The van der Waals surface area contributed by atoms with Crippen LogP contribution in [-0.2, 0) is 19.1 Å². The minimum absolute atomic E-state index is 0.0346. The maximum absolute atomic E-state index is 13.2. The fourth-order valence-electron chi connectivity index (χ4n) is 2.73. The van der Waals surface area contributed by atoms with E-state index in [9.17, 15) is 23.2 Å². The highest BCUT2D eigenvalue weighted by Gasteiger charge is 2.26. The van der Waals surface area contributed by atoms with Crippen molar-refractivity contribution in [2.45, 2.75) is 19.4 Å². The molecule has 7 nitrogen and oxygen atoms in total. The van der Waals surface area contributed by atoms with Gasteiger partial charge in [0.05, 0.1) is 12.1 Å². The van der Waals surface area contributed by atoms with E-state index in [1.165, 1.54) is 17.9 Å². The molecule has 0 radical (unpaired) electrons. The van der Waals surface area contributed by atoms with Crippen molar-refractivity contribution < 1.29 is 32.6 Å². The molecule has 0 saturated heterocycles. The number of carbonyl (C=O) groups is 3. The third kappa shape index (κ3) is 4.87. The van der Waals surface area contributed by atoms with Gasteiger partial charge in [0.2, 0.25) is 0 Å². The summed E-state index contributed by atoms with van der Waals surface area (Å²) >= 11 is 0. The number of esters is 1. The second-order valence-corrected chi connectivity index (χ2v) is 6.30. The Morgan fingerprint density at radius 3 is 2.72 bits per heavy atom. The Bertz CT molecular complexity index is 950. The first-order valence-corrected chi connectivity index (χ1v) is 8.82. The summed E-state index contributed by atoms with van der Waals surface area (Å²) in [6.45, 7) is 1.29. The molecule has 0 fully saturated rings. The smallest absolute Gasteiger partial charge is 0.308 e. The summed E-state index contributed by atoms with van der Waals surface area (Å²) in [7, 11) is 0. The molecule has 2 aromatic rings. The minimum atomic E-state index is -1.16. The normalized spacial score (nSPS) is 13.9. The van der Waals surface area contributed by atoms with Crippen molar-refractivity contribution in [1.29, 1.82) is 0 Å². The van der Waals surface area contributed by atoms with Crippen molar-refractivity contribution in [3.05, 3.63) is 54.1 Å². The predicted molar refractivity (Wildman–Crippen MR) is 99.4 cm³/mol. The van der Waals surface area contributed by atoms with Crippen LogP contribution in [0.4, 0.5) is 20.2 Å². The summed E-state index contributed by atoms with van der Waals surface area (Å²) < 4.78 is 36.5. The van der Waals surface area contributed by atoms with Crippen molar-refractivity contribution in [3.63, 3.8) is 0 Å². The molecule has 1 aliphatic rings. The van der Waals surface area contributed by atoms with E-state index in [0.717, 1.165) is 12.1 Å². The highest BCUT2D eigenvalue weighted by atomic mass is 19.2. The van der Waals surface area contributed by atoms with Gasteiger partial charge in [-0.05, 0) is 31.2 Å². The average Bonchev–Trinajstić information content (AvgIpc) is 2.70. The molecular formula is C20H18F2N2O5. The average molecular weight is 404 g/mol. The lowest BCUT2D eigenvalue weighted by Gasteiger charge is -2.29. The van der Waals surface area contributed by atoms with Gasteiger partial charge in [-0.25, -0.2) is 8.78 Å². The Hall–Kier alpha value is -3.49. The number of carbonyl (C=O) groups excluding carboxylic acids is 3. The van der Waals surface area contributed by atoms with Crippen molar-refractivity contribution in [2.75, 3.05) is 23.4 Å². The number of hydrogen-bond donors (Lipinski definition) is 1. The number of benzene rings is 2. The fraction of sp³-hybridized carbons (Fsp3) is 0.250. The standard InChI is InChI=1S/C20H18F2N2O5/c1-12(20(27)23-13-6-7-14(21)15(22)10-13)29-19(26)8-9-24-16-4-2-3-5-17(16)28-11-18(24)25/h2-7,10,12H,8-9,11H2,1H3,(H,23,27)/t12-/m0/s1. The third-order valence-corrected chi connectivity index (χ3v) is 4.21. The molecule has 0 unspecified atom stereocenters. The van der Waals surface area contributed by atoms with Crippen LogP contribution in [0.2, 0.25) is 0 Å². The Kier molecular flexibility index (Phi) is 6.06. The van der Waals surface area contributed by atoms with Crippen molar-refractivity contribution >= 4 is 29.2 Å². The van der Waals surface area contributed by atoms with Gasteiger partial charge in [0.15, 0.2) is 24.3 Å². The van der Waals surface area contributed by atoms with E-state index in [0.29, 0.717) is 11.4 Å². The minimum Gasteiger partial charge on any atom is -0.482 e. The van der Waals surface area contributed by atoms with Crippen molar-refractivity contribution in [2.24, 2.45) is 0 Å². The van der Waals surface area contributed by atoms with Crippen LogP contribution in [0, 0.1) is 11.6 Å². The number of rotatable bonds is 6. The number of fused-ring (bicyclic) bond motifs is 1. The van der Waals surface area contributed by atoms with Crippen LogP contribution in [0.3, 0.4) is 0 Å². The van der Waals surface area contributed by atoms with Crippen LogP contribution >= 0.6 is 0 Å². The SMILES string of the molecule is C[C@H](OC(=O)CCN1C(=O)COc2ccccc21)C(=O)Nc1ccc(F)c(F)c1. The van der Waals surface area contributed by atoms with Gasteiger partial charge in [-0.2, -0.15) is 0 Å². The van der Waals surface area contributed by atoms with Crippen LogP contribution in [0.25, 0.3) is 0 Å². The molecule has 9 heteroatoms. The summed E-state index contributed by atoms with van der Waals surface area (Å²) in [4.78, 5) is 37.7. The van der Waals surface area contributed by atoms with E-state index in [1.807, 2.05) is 0 Å². The number of hydrogen-bond acceptors (Lipinski definition) is 5. The Morgan fingerprint density at radius 1 is 1.21 bits per heavy atom. The lowest BCUT2D eigenvalue weighted by molar-refractivity contribution is -0.153. The van der Waals surface area contributed by atoms with E-state index in [2.05, 4.69) is 5.32 Å². The summed E-state index contributed by atoms with van der Waals surface area (Å²) in [5.41, 5.74) is 0.591. The van der Waals surface area contributed by atoms with Gasteiger partial charge in [-0.1, -0.05) is 12.1 Å². The maximum Gasteiger partial charge on any atom is 0.308 e. The van der Waals surface area contributed by atoms with Crippen LogP contribution in [-0.4, -0.2) is 37.0 Å². The van der Waals surface area contributed by atoms with E-state index < -0.39 is 29.6 Å². The molecule has 1 N–H and O–H groups in total. The lowest BCUT2D eigenvalue weighted by Crippen LogP contribution is -2.40. The van der Waals surface area contributed by atoms with Gasteiger partial charge in [0.1, 0.15) is 5.75 Å². The lowest BCUT2D eigenvalue weighted by atomic mass is 10.2. The molecule has 2 aromatic carbocycles. The van der Waals surface area contributed by atoms with E-state index >= 15 is 0 Å². The molecule has 29 heavy (non-hydrogen) atoms. The molecule has 0 spiro atoms. The number of anilines is 2. The molecule has 3 rings (SSSR count). The Morgan fingerprint density at radius 2 is 1.97 bits per heavy atom. The largest absolute Gasteiger partial charge is 0.482 e. The van der Waals surface area contributed by atoms with Crippen LogP contribution in [0.15, 0.2) is 42.5 Å². The first-order chi connectivity index (χ1) is 13.8. The topological polar surface area (TPSA) is 84.9 Å². The molecule has 0 aliphatic carbocycles. The molecule has 0 bridgehead atoms. The van der Waals surface area contributed by atoms with Crippen LogP contribution < -0.4 is 15.0 Å². The summed E-state index contributed by atoms with van der Waals surface area (Å²) in [6, 6.07) is 9.83. The zero-order chi connectivity index (χ0) is 21.0. The Balaban J connectivity index is 1.53. The van der Waals surface area contributed by atoms with Gasteiger partial charge in [-0.3, -0.25) is 14.4 Å². The van der Waals surface area contributed by atoms with Gasteiger partial charge >= 0.3 is 5.97 Å². The van der Waals surface area contributed by atoms with E-state index in [1.54, 1.807) is 24.3 Å². The number of nitrogens with one attached hydrogen (secondary N) is 1. The number of para-hydroxylation sites is 2. The highest BCUT2D eigenvalue weighted by molar-refractivity contribution is 5.98. The van der Waals surface area contributed by atoms with Gasteiger partial charge in [0.25, 0.3) is 11.8 Å². The molecule has 2 amide bonds.